The fraction of sp³-hybridized carbons (Fsp3) is 0.333. The number of rotatable bonds is 4. The maximum Gasteiger partial charge on any atom is 0.322 e. The molecule has 0 saturated carbocycles. The van der Waals surface area contributed by atoms with Gasteiger partial charge in [0, 0.05) is 12.6 Å². The first-order chi connectivity index (χ1) is 9.02. The van der Waals surface area contributed by atoms with Gasteiger partial charge in [-0.2, -0.15) is 0 Å². The molecule has 0 aliphatic rings. The number of nitrogens with zero attached hydrogens (tertiary/aromatic N) is 3. The largest absolute Gasteiger partial charge is 0.424 e. The van der Waals surface area contributed by atoms with Crippen LogP contribution in [0.3, 0.4) is 0 Å². The van der Waals surface area contributed by atoms with Crippen LogP contribution in [0.1, 0.15) is 25.7 Å². The van der Waals surface area contributed by atoms with Gasteiger partial charge in [0.05, 0.1) is 16.1 Å². The molecule has 0 saturated heterocycles. The van der Waals surface area contributed by atoms with Crippen LogP contribution in [-0.2, 0) is 6.54 Å². The van der Waals surface area contributed by atoms with Crippen LogP contribution in [-0.4, -0.2) is 14.8 Å². The second-order valence-corrected chi connectivity index (χ2v) is 4.87. The Morgan fingerprint density at radius 2 is 2.05 bits per heavy atom. The zero-order valence-corrected chi connectivity index (χ0v) is 12.1. The molecule has 0 radical (unpaired) electrons. The van der Waals surface area contributed by atoms with E-state index in [0.29, 0.717) is 34.2 Å². The number of aromatic nitrogens is 3. The second-order valence-electron chi connectivity index (χ2n) is 4.05. The van der Waals surface area contributed by atoms with Crippen molar-refractivity contribution in [3.8, 4) is 11.8 Å². The zero-order chi connectivity index (χ0) is 14.0. The van der Waals surface area contributed by atoms with Crippen molar-refractivity contribution in [2.75, 3.05) is 0 Å². The molecule has 1 aromatic heterocycles. The van der Waals surface area contributed by atoms with Crippen LogP contribution in [0.5, 0.6) is 11.8 Å². The minimum absolute atomic E-state index is 0.210. The third-order valence-corrected chi connectivity index (χ3v) is 3.31. The van der Waals surface area contributed by atoms with Gasteiger partial charge in [-0.1, -0.05) is 28.3 Å². The molecule has 1 heterocycles. The number of ether oxygens (including phenoxy) is 1. The molecular weight excluding hydrogens is 287 g/mol. The highest BCUT2D eigenvalue weighted by atomic mass is 35.5. The zero-order valence-electron chi connectivity index (χ0n) is 10.6. The van der Waals surface area contributed by atoms with E-state index < -0.39 is 0 Å². The molecule has 1 aromatic carbocycles. The molecule has 2 N–H and O–H groups in total. The van der Waals surface area contributed by atoms with E-state index in [0.717, 1.165) is 0 Å². The average Bonchev–Trinajstić information content (AvgIpc) is 2.76. The SMILES string of the molecule is CCn1c(Oc2ccc(Cl)c(Cl)c2)nnc1[C@@H](C)N. The number of benzene rings is 1. The lowest BCUT2D eigenvalue weighted by Crippen LogP contribution is -2.13. The van der Waals surface area contributed by atoms with Crippen molar-refractivity contribution in [2.45, 2.75) is 26.4 Å². The fourth-order valence-corrected chi connectivity index (χ4v) is 1.94. The Balaban J connectivity index is 2.30. The summed E-state index contributed by atoms with van der Waals surface area (Å²) in [6.07, 6.45) is 0. The molecule has 0 bridgehead atoms. The molecule has 7 heteroatoms. The molecule has 19 heavy (non-hydrogen) atoms. The first-order valence-corrected chi connectivity index (χ1v) is 6.60. The molecule has 0 aliphatic carbocycles. The molecule has 102 valence electrons. The van der Waals surface area contributed by atoms with Crippen molar-refractivity contribution >= 4 is 23.2 Å². The minimum Gasteiger partial charge on any atom is -0.424 e. The smallest absolute Gasteiger partial charge is 0.322 e. The molecule has 0 fully saturated rings. The molecule has 5 nitrogen and oxygen atoms in total. The summed E-state index contributed by atoms with van der Waals surface area (Å²) in [5.74, 6) is 1.23. The average molecular weight is 301 g/mol. The van der Waals surface area contributed by atoms with Gasteiger partial charge >= 0.3 is 6.01 Å². The fourth-order valence-electron chi connectivity index (χ4n) is 1.66. The summed E-state index contributed by atoms with van der Waals surface area (Å²) in [5, 5.41) is 8.92. The highest BCUT2D eigenvalue weighted by molar-refractivity contribution is 6.42. The Labute approximate surface area is 121 Å². The van der Waals surface area contributed by atoms with Crippen LogP contribution in [0.4, 0.5) is 0 Å². The lowest BCUT2D eigenvalue weighted by Gasteiger charge is -2.10. The predicted molar refractivity (Wildman–Crippen MR) is 74.8 cm³/mol. The van der Waals surface area contributed by atoms with Crippen LogP contribution in [0.15, 0.2) is 18.2 Å². The van der Waals surface area contributed by atoms with Crippen LogP contribution in [0.2, 0.25) is 10.0 Å². The van der Waals surface area contributed by atoms with E-state index in [1.807, 2.05) is 18.4 Å². The molecule has 0 aliphatic heterocycles. The summed E-state index contributed by atoms with van der Waals surface area (Å²) >= 11 is 11.8. The Kier molecular flexibility index (Phi) is 4.29. The summed E-state index contributed by atoms with van der Waals surface area (Å²) in [6, 6.07) is 5.18. The van der Waals surface area contributed by atoms with Crippen molar-refractivity contribution in [1.82, 2.24) is 14.8 Å². The Morgan fingerprint density at radius 1 is 1.32 bits per heavy atom. The minimum atomic E-state index is -0.210. The number of nitrogens with two attached hydrogens (primary N) is 1. The predicted octanol–water partition coefficient (Wildman–Crippen LogP) is 3.42. The van der Waals surface area contributed by atoms with Gasteiger partial charge in [0.1, 0.15) is 5.75 Å². The monoisotopic (exact) mass is 300 g/mol. The van der Waals surface area contributed by atoms with E-state index >= 15 is 0 Å². The molecule has 0 amide bonds. The Hall–Kier alpha value is -1.30. The van der Waals surface area contributed by atoms with Crippen molar-refractivity contribution in [2.24, 2.45) is 5.73 Å². The highest BCUT2D eigenvalue weighted by Gasteiger charge is 2.15. The van der Waals surface area contributed by atoms with Crippen molar-refractivity contribution in [1.29, 1.82) is 0 Å². The second kappa shape index (κ2) is 5.77. The summed E-state index contributed by atoms with van der Waals surface area (Å²) in [4.78, 5) is 0. The number of hydrogen-bond acceptors (Lipinski definition) is 4. The van der Waals surface area contributed by atoms with Gasteiger partial charge in [0.2, 0.25) is 0 Å². The van der Waals surface area contributed by atoms with Crippen molar-refractivity contribution in [3.63, 3.8) is 0 Å². The summed E-state index contributed by atoms with van der Waals surface area (Å²) in [5.41, 5.74) is 5.82. The summed E-state index contributed by atoms with van der Waals surface area (Å²) in [7, 11) is 0. The summed E-state index contributed by atoms with van der Waals surface area (Å²) < 4.78 is 7.47. The van der Waals surface area contributed by atoms with Gasteiger partial charge in [-0.05, 0) is 26.0 Å². The van der Waals surface area contributed by atoms with Crippen molar-refractivity contribution < 1.29 is 4.74 Å². The van der Waals surface area contributed by atoms with E-state index in [9.17, 15) is 0 Å². The van der Waals surface area contributed by atoms with Gasteiger partial charge in [-0.15, -0.1) is 5.10 Å². The topological polar surface area (TPSA) is 66.0 Å². The maximum atomic E-state index is 5.93. The molecule has 0 spiro atoms. The maximum absolute atomic E-state index is 5.93. The van der Waals surface area contributed by atoms with E-state index in [2.05, 4.69) is 10.2 Å². The van der Waals surface area contributed by atoms with Crippen LogP contribution in [0, 0.1) is 0 Å². The van der Waals surface area contributed by atoms with Crippen molar-refractivity contribution in [3.05, 3.63) is 34.1 Å². The normalized spacial score (nSPS) is 12.5. The first kappa shape index (κ1) is 14.1. The molecule has 2 aromatic rings. The highest BCUT2D eigenvalue weighted by Crippen LogP contribution is 2.29. The number of hydrogen-bond donors (Lipinski definition) is 1. The van der Waals surface area contributed by atoms with Gasteiger partial charge in [-0.3, -0.25) is 4.57 Å². The lowest BCUT2D eigenvalue weighted by molar-refractivity contribution is 0.409. The summed E-state index contributed by atoms with van der Waals surface area (Å²) in [6.45, 7) is 4.48. The molecule has 1 atom stereocenters. The Morgan fingerprint density at radius 3 is 2.63 bits per heavy atom. The molecule has 2 rings (SSSR count). The standard InChI is InChI=1S/C12H14Cl2N4O/c1-3-18-11(7(2)15)16-17-12(18)19-8-4-5-9(13)10(14)6-8/h4-7H,3,15H2,1-2H3/t7-/m1/s1. The molecule has 0 unspecified atom stereocenters. The third-order valence-electron chi connectivity index (χ3n) is 2.57. The van der Waals surface area contributed by atoms with Gasteiger partial charge < -0.3 is 10.5 Å². The van der Waals surface area contributed by atoms with Gasteiger partial charge in [0.15, 0.2) is 5.82 Å². The van der Waals surface area contributed by atoms with Gasteiger partial charge in [-0.25, -0.2) is 0 Å². The van der Waals surface area contributed by atoms with E-state index in [-0.39, 0.29) is 6.04 Å². The molecular formula is C12H14Cl2N4O. The van der Waals surface area contributed by atoms with Crippen LogP contribution < -0.4 is 10.5 Å². The quantitative estimate of drug-likeness (QED) is 0.939. The van der Waals surface area contributed by atoms with E-state index in [4.69, 9.17) is 33.7 Å². The lowest BCUT2D eigenvalue weighted by atomic mass is 10.3. The number of halogens is 2. The van der Waals surface area contributed by atoms with Crippen LogP contribution in [0.25, 0.3) is 0 Å². The first-order valence-electron chi connectivity index (χ1n) is 5.84. The van der Waals surface area contributed by atoms with E-state index in [1.54, 1.807) is 18.2 Å². The van der Waals surface area contributed by atoms with E-state index in [1.165, 1.54) is 0 Å². The Bertz CT molecular complexity index is 583. The third kappa shape index (κ3) is 3.00. The van der Waals surface area contributed by atoms with Gasteiger partial charge in [0.25, 0.3) is 0 Å². The van der Waals surface area contributed by atoms with Crippen LogP contribution >= 0.6 is 23.2 Å².